The van der Waals surface area contributed by atoms with Crippen molar-refractivity contribution in [2.75, 3.05) is 7.11 Å². The number of hydrogen-bond acceptors (Lipinski definition) is 5. The van der Waals surface area contributed by atoms with Crippen molar-refractivity contribution in [3.63, 3.8) is 0 Å². The predicted molar refractivity (Wildman–Crippen MR) is 110 cm³/mol. The summed E-state index contributed by atoms with van der Waals surface area (Å²) in [5, 5.41) is 1.93. The summed E-state index contributed by atoms with van der Waals surface area (Å²) in [5.41, 5.74) is 0.580. The lowest BCUT2D eigenvalue weighted by atomic mass is 10.1. The van der Waals surface area contributed by atoms with Crippen LogP contribution in [0.3, 0.4) is 0 Å². The van der Waals surface area contributed by atoms with Crippen molar-refractivity contribution in [1.29, 1.82) is 0 Å². The number of rotatable bonds is 6. The molecule has 0 bridgehead atoms. The third-order valence-electron chi connectivity index (χ3n) is 3.68. The number of allylic oxidation sites excluding steroid dienone is 1. The van der Waals surface area contributed by atoms with E-state index in [1.807, 2.05) is 17.5 Å². The highest BCUT2D eigenvalue weighted by molar-refractivity contribution is 9.10. The molecule has 0 saturated carbocycles. The molecule has 0 radical (unpaired) electrons. The molecule has 0 aliphatic carbocycles. The number of thiophene rings is 1. The van der Waals surface area contributed by atoms with Gasteiger partial charge in [0.15, 0.2) is 5.78 Å². The van der Waals surface area contributed by atoms with Gasteiger partial charge < -0.3 is 9.47 Å². The molecule has 3 aromatic rings. The van der Waals surface area contributed by atoms with Gasteiger partial charge in [-0.3, -0.25) is 4.79 Å². The maximum absolute atomic E-state index is 12.6. The zero-order valence-electron chi connectivity index (χ0n) is 14.3. The molecule has 0 atom stereocenters. The second kappa shape index (κ2) is 8.79. The van der Waals surface area contributed by atoms with Crippen LogP contribution in [0.1, 0.15) is 25.6 Å². The van der Waals surface area contributed by atoms with Crippen LogP contribution in [0.5, 0.6) is 11.5 Å². The van der Waals surface area contributed by atoms with Gasteiger partial charge in [0.1, 0.15) is 17.1 Å². The average Bonchev–Trinajstić information content (AvgIpc) is 3.21. The van der Waals surface area contributed by atoms with Gasteiger partial charge in [0.25, 0.3) is 0 Å². The Labute approximate surface area is 169 Å². The van der Waals surface area contributed by atoms with Crippen molar-refractivity contribution in [3.8, 4) is 11.5 Å². The molecule has 0 aliphatic heterocycles. The Kier molecular flexibility index (Phi) is 6.21. The molecular formula is C21H15BrO4S. The smallest absolute Gasteiger partial charge is 0.347 e. The lowest BCUT2D eigenvalue weighted by Crippen LogP contribution is -2.12. The normalized spacial score (nSPS) is 10.7. The molecule has 1 aromatic heterocycles. The van der Waals surface area contributed by atoms with Gasteiger partial charge in [-0.15, -0.1) is 11.3 Å². The fraction of sp³-hybridized carbons (Fsp3) is 0.0476. The Morgan fingerprint density at radius 1 is 1.00 bits per heavy atom. The molecule has 2 aromatic carbocycles. The molecule has 3 rings (SSSR count). The summed E-state index contributed by atoms with van der Waals surface area (Å²) in [6, 6.07) is 15.5. The monoisotopic (exact) mass is 442 g/mol. The fourth-order valence-electron chi connectivity index (χ4n) is 2.39. The first-order valence-electron chi connectivity index (χ1n) is 7.99. The number of para-hydroxylation sites is 1. The molecular weight excluding hydrogens is 428 g/mol. The standard InChI is InChI=1S/C21H15BrO4S/c1-25-19-7-3-2-6-16(19)21(24)26-20-11-8-14(22)13-17(20)18(23)10-9-15-5-4-12-27-15/h2-13H,1H3/b10-9+. The van der Waals surface area contributed by atoms with Crippen molar-refractivity contribution in [2.45, 2.75) is 0 Å². The number of methoxy groups -OCH3 is 1. The van der Waals surface area contributed by atoms with Gasteiger partial charge in [-0.1, -0.05) is 34.1 Å². The van der Waals surface area contributed by atoms with E-state index in [9.17, 15) is 9.59 Å². The first kappa shape index (κ1) is 19.1. The van der Waals surface area contributed by atoms with E-state index in [0.717, 1.165) is 4.88 Å². The van der Waals surface area contributed by atoms with E-state index in [-0.39, 0.29) is 17.1 Å². The van der Waals surface area contributed by atoms with Crippen LogP contribution in [0.15, 0.2) is 70.5 Å². The van der Waals surface area contributed by atoms with E-state index >= 15 is 0 Å². The van der Waals surface area contributed by atoms with Gasteiger partial charge in [0, 0.05) is 9.35 Å². The molecule has 0 unspecified atom stereocenters. The number of carbonyl (C=O) groups is 2. The topological polar surface area (TPSA) is 52.6 Å². The molecule has 4 nitrogen and oxygen atoms in total. The highest BCUT2D eigenvalue weighted by Crippen LogP contribution is 2.27. The van der Waals surface area contributed by atoms with Crippen molar-refractivity contribution >= 4 is 45.1 Å². The van der Waals surface area contributed by atoms with E-state index in [0.29, 0.717) is 15.8 Å². The number of halogens is 1. The van der Waals surface area contributed by atoms with Crippen LogP contribution in [0.2, 0.25) is 0 Å². The zero-order chi connectivity index (χ0) is 19.2. The number of ketones is 1. The highest BCUT2D eigenvalue weighted by atomic mass is 79.9. The van der Waals surface area contributed by atoms with Gasteiger partial charge in [-0.05, 0) is 53.9 Å². The Morgan fingerprint density at radius 3 is 2.56 bits per heavy atom. The van der Waals surface area contributed by atoms with Gasteiger partial charge >= 0.3 is 5.97 Å². The predicted octanol–water partition coefficient (Wildman–Crippen LogP) is 5.63. The molecule has 0 spiro atoms. The molecule has 0 saturated heterocycles. The van der Waals surface area contributed by atoms with Gasteiger partial charge in [0.2, 0.25) is 0 Å². The molecule has 27 heavy (non-hydrogen) atoms. The summed E-state index contributed by atoms with van der Waals surface area (Å²) in [4.78, 5) is 26.2. The molecule has 0 fully saturated rings. The SMILES string of the molecule is COc1ccccc1C(=O)Oc1ccc(Br)cc1C(=O)/C=C/c1cccs1. The Balaban J connectivity index is 1.88. The van der Waals surface area contributed by atoms with Gasteiger partial charge in [-0.25, -0.2) is 4.79 Å². The lowest BCUT2D eigenvalue weighted by molar-refractivity contribution is 0.0729. The van der Waals surface area contributed by atoms with Gasteiger partial charge in [-0.2, -0.15) is 0 Å². The fourth-order valence-corrected chi connectivity index (χ4v) is 3.36. The maximum atomic E-state index is 12.6. The summed E-state index contributed by atoms with van der Waals surface area (Å²) in [6.45, 7) is 0. The summed E-state index contributed by atoms with van der Waals surface area (Å²) < 4.78 is 11.4. The minimum Gasteiger partial charge on any atom is -0.496 e. The van der Waals surface area contributed by atoms with Crippen LogP contribution >= 0.6 is 27.3 Å². The van der Waals surface area contributed by atoms with Crippen LogP contribution in [-0.2, 0) is 0 Å². The second-order valence-electron chi connectivity index (χ2n) is 5.44. The van der Waals surface area contributed by atoms with Crippen LogP contribution in [-0.4, -0.2) is 18.9 Å². The number of ether oxygens (including phenoxy) is 2. The summed E-state index contributed by atoms with van der Waals surface area (Å²) in [7, 11) is 1.48. The zero-order valence-corrected chi connectivity index (χ0v) is 16.7. The van der Waals surface area contributed by atoms with E-state index in [4.69, 9.17) is 9.47 Å². The second-order valence-corrected chi connectivity index (χ2v) is 7.34. The summed E-state index contributed by atoms with van der Waals surface area (Å²) in [6.07, 6.45) is 3.20. The van der Waals surface area contributed by atoms with Crippen LogP contribution in [0.25, 0.3) is 6.08 Å². The first-order valence-corrected chi connectivity index (χ1v) is 9.66. The summed E-state index contributed by atoms with van der Waals surface area (Å²) in [5.74, 6) is -0.251. The maximum Gasteiger partial charge on any atom is 0.347 e. The molecule has 6 heteroatoms. The van der Waals surface area contributed by atoms with Gasteiger partial charge in [0.05, 0.1) is 12.7 Å². The van der Waals surface area contributed by atoms with Crippen molar-refractivity contribution < 1.29 is 19.1 Å². The van der Waals surface area contributed by atoms with E-state index < -0.39 is 5.97 Å². The molecule has 0 N–H and O–H groups in total. The van der Waals surface area contributed by atoms with E-state index in [1.54, 1.807) is 48.5 Å². The third-order valence-corrected chi connectivity index (χ3v) is 5.01. The first-order chi connectivity index (χ1) is 13.1. The average molecular weight is 443 g/mol. The minimum atomic E-state index is -0.592. The Morgan fingerprint density at radius 2 is 1.81 bits per heavy atom. The molecule has 136 valence electrons. The lowest BCUT2D eigenvalue weighted by Gasteiger charge is -2.11. The van der Waals surface area contributed by atoms with Crippen LogP contribution in [0.4, 0.5) is 0 Å². The molecule has 0 amide bonds. The number of hydrogen-bond donors (Lipinski definition) is 0. The number of benzene rings is 2. The Hall–Kier alpha value is -2.70. The van der Waals surface area contributed by atoms with Crippen molar-refractivity contribution in [2.24, 2.45) is 0 Å². The van der Waals surface area contributed by atoms with Crippen LogP contribution in [0, 0.1) is 0 Å². The largest absolute Gasteiger partial charge is 0.496 e. The number of carbonyl (C=O) groups excluding carboxylic acids is 2. The van der Waals surface area contributed by atoms with Crippen molar-refractivity contribution in [3.05, 3.63) is 86.5 Å². The van der Waals surface area contributed by atoms with E-state index in [2.05, 4.69) is 15.9 Å². The quantitative estimate of drug-likeness (QED) is 0.214. The third kappa shape index (κ3) is 4.72. The molecule has 1 heterocycles. The summed E-state index contributed by atoms with van der Waals surface area (Å²) >= 11 is 4.89. The van der Waals surface area contributed by atoms with E-state index in [1.165, 1.54) is 24.5 Å². The van der Waals surface area contributed by atoms with Crippen molar-refractivity contribution in [1.82, 2.24) is 0 Å². The number of esters is 1. The Bertz CT molecular complexity index is 993. The van der Waals surface area contributed by atoms with Crippen LogP contribution < -0.4 is 9.47 Å². The molecule has 0 aliphatic rings. The highest BCUT2D eigenvalue weighted by Gasteiger charge is 2.18. The minimum absolute atomic E-state index is 0.190.